The Morgan fingerprint density at radius 2 is 1.78 bits per heavy atom. The Morgan fingerprint density at radius 3 is 2.43 bits per heavy atom. The van der Waals surface area contributed by atoms with Gasteiger partial charge in [0, 0.05) is 17.0 Å². The van der Waals surface area contributed by atoms with Gasteiger partial charge in [-0.3, -0.25) is 0 Å². The summed E-state index contributed by atoms with van der Waals surface area (Å²) >= 11 is 6.16. The Bertz CT molecular complexity index is 621. The summed E-state index contributed by atoms with van der Waals surface area (Å²) in [6, 6.07) is 18.5. The summed E-state index contributed by atoms with van der Waals surface area (Å²) in [5.41, 5.74) is 8.71. The van der Waals surface area contributed by atoms with E-state index in [4.69, 9.17) is 22.1 Å². The van der Waals surface area contributed by atoms with Gasteiger partial charge in [-0.2, -0.15) is 0 Å². The molecule has 0 amide bonds. The lowest BCUT2D eigenvalue weighted by Crippen LogP contribution is -2.40. The fourth-order valence-electron chi connectivity index (χ4n) is 3.53. The third kappa shape index (κ3) is 3.95. The maximum atomic E-state index is 6.16. The van der Waals surface area contributed by atoms with Gasteiger partial charge in [0.1, 0.15) is 0 Å². The van der Waals surface area contributed by atoms with Gasteiger partial charge in [0.2, 0.25) is 0 Å². The van der Waals surface area contributed by atoms with Crippen LogP contribution < -0.4 is 5.73 Å². The topological polar surface area (TPSA) is 35.2 Å². The minimum Gasteiger partial charge on any atom is -0.374 e. The van der Waals surface area contributed by atoms with E-state index in [0.717, 1.165) is 30.7 Å². The number of rotatable bonds is 5. The van der Waals surface area contributed by atoms with Crippen molar-refractivity contribution < 1.29 is 4.74 Å². The van der Waals surface area contributed by atoms with Crippen LogP contribution in [0.15, 0.2) is 54.6 Å². The van der Waals surface area contributed by atoms with Crippen LogP contribution in [-0.4, -0.2) is 12.6 Å². The van der Waals surface area contributed by atoms with E-state index < -0.39 is 0 Å². The smallest absolute Gasteiger partial charge is 0.0720 e. The fraction of sp³-hybridized carbons (Fsp3) is 0.400. The maximum Gasteiger partial charge on any atom is 0.0720 e. The number of ether oxygens (including phenoxy) is 1. The van der Waals surface area contributed by atoms with Crippen molar-refractivity contribution in [3.8, 4) is 0 Å². The van der Waals surface area contributed by atoms with Gasteiger partial charge >= 0.3 is 0 Å². The molecule has 3 rings (SSSR count). The molecule has 1 fully saturated rings. The van der Waals surface area contributed by atoms with Gasteiger partial charge in [-0.05, 0) is 48.9 Å². The molecule has 0 spiro atoms. The van der Waals surface area contributed by atoms with E-state index in [1.807, 2.05) is 18.2 Å². The molecule has 1 saturated carbocycles. The van der Waals surface area contributed by atoms with E-state index in [2.05, 4.69) is 36.4 Å². The molecule has 0 unspecified atom stereocenters. The summed E-state index contributed by atoms with van der Waals surface area (Å²) in [5.74, 6) is 0. The summed E-state index contributed by atoms with van der Waals surface area (Å²) in [5, 5.41) is 0.790. The Kier molecular flexibility index (Phi) is 5.37. The normalized spacial score (nSPS) is 24.5. The van der Waals surface area contributed by atoms with E-state index in [-0.39, 0.29) is 5.41 Å². The van der Waals surface area contributed by atoms with Crippen LogP contribution in [0.2, 0.25) is 5.02 Å². The first-order valence-electron chi connectivity index (χ1n) is 8.33. The van der Waals surface area contributed by atoms with Crippen molar-refractivity contribution in [3.63, 3.8) is 0 Å². The molecule has 0 heterocycles. The van der Waals surface area contributed by atoms with Crippen molar-refractivity contribution in [2.75, 3.05) is 6.54 Å². The lowest BCUT2D eigenvalue weighted by atomic mass is 9.69. The SMILES string of the molecule is NCC1(c2cccc(Cl)c2)CCC(OCc2ccccc2)CC1. The molecule has 0 saturated heterocycles. The average molecular weight is 330 g/mol. The highest BCUT2D eigenvalue weighted by Crippen LogP contribution is 2.40. The van der Waals surface area contributed by atoms with Crippen LogP contribution in [0.3, 0.4) is 0 Å². The first-order chi connectivity index (χ1) is 11.2. The van der Waals surface area contributed by atoms with Crippen LogP contribution in [0.5, 0.6) is 0 Å². The van der Waals surface area contributed by atoms with Gasteiger partial charge < -0.3 is 10.5 Å². The Hall–Kier alpha value is -1.35. The van der Waals surface area contributed by atoms with E-state index in [1.54, 1.807) is 0 Å². The minimum atomic E-state index is 0.0531. The predicted octanol–water partition coefficient (Wildman–Crippen LogP) is 4.70. The van der Waals surface area contributed by atoms with Gasteiger partial charge in [-0.25, -0.2) is 0 Å². The summed E-state index contributed by atoms with van der Waals surface area (Å²) in [7, 11) is 0. The van der Waals surface area contributed by atoms with Crippen molar-refractivity contribution in [1.82, 2.24) is 0 Å². The second-order valence-corrected chi connectivity index (χ2v) is 6.93. The first kappa shape index (κ1) is 16.5. The van der Waals surface area contributed by atoms with E-state index in [1.165, 1.54) is 11.1 Å². The number of nitrogens with two attached hydrogens (primary N) is 1. The van der Waals surface area contributed by atoms with Crippen molar-refractivity contribution >= 4 is 11.6 Å². The molecular formula is C20H24ClNO. The quantitative estimate of drug-likeness (QED) is 0.863. The lowest BCUT2D eigenvalue weighted by molar-refractivity contribution is 0.00248. The zero-order chi connectivity index (χ0) is 16.1. The summed E-state index contributed by atoms with van der Waals surface area (Å²) in [6.45, 7) is 1.36. The van der Waals surface area contributed by atoms with Crippen LogP contribution in [0.25, 0.3) is 0 Å². The van der Waals surface area contributed by atoms with Gasteiger partial charge in [-0.15, -0.1) is 0 Å². The molecule has 0 bridgehead atoms. The van der Waals surface area contributed by atoms with Gasteiger partial charge in [0.15, 0.2) is 0 Å². The third-order valence-electron chi connectivity index (χ3n) is 5.05. The Morgan fingerprint density at radius 1 is 1.04 bits per heavy atom. The number of hydrogen-bond acceptors (Lipinski definition) is 2. The van der Waals surface area contributed by atoms with E-state index >= 15 is 0 Å². The molecular weight excluding hydrogens is 306 g/mol. The largest absolute Gasteiger partial charge is 0.374 e. The molecule has 122 valence electrons. The van der Waals surface area contributed by atoms with E-state index in [0.29, 0.717) is 19.3 Å². The summed E-state index contributed by atoms with van der Waals surface area (Å²) in [4.78, 5) is 0. The molecule has 2 aromatic rings. The average Bonchev–Trinajstić information content (AvgIpc) is 2.61. The van der Waals surface area contributed by atoms with Crippen molar-refractivity contribution in [1.29, 1.82) is 0 Å². The van der Waals surface area contributed by atoms with E-state index in [9.17, 15) is 0 Å². The number of hydrogen-bond donors (Lipinski definition) is 1. The zero-order valence-corrected chi connectivity index (χ0v) is 14.1. The maximum absolute atomic E-state index is 6.16. The molecule has 0 aliphatic heterocycles. The third-order valence-corrected chi connectivity index (χ3v) is 5.28. The predicted molar refractivity (Wildman–Crippen MR) is 95.7 cm³/mol. The Balaban J connectivity index is 1.60. The molecule has 2 nitrogen and oxygen atoms in total. The highest BCUT2D eigenvalue weighted by Gasteiger charge is 2.36. The molecule has 0 aromatic heterocycles. The van der Waals surface area contributed by atoms with Crippen LogP contribution >= 0.6 is 11.6 Å². The van der Waals surface area contributed by atoms with Crippen LogP contribution in [0, 0.1) is 0 Å². The van der Waals surface area contributed by atoms with Crippen LogP contribution in [-0.2, 0) is 16.8 Å². The minimum absolute atomic E-state index is 0.0531. The summed E-state index contributed by atoms with van der Waals surface area (Å²) in [6.07, 6.45) is 4.55. The van der Waals surface area contributed by atoms with Crippen molar-refractivity contribution in [2.24, 2.45) is 5.73 Å². The first-order valence-corrected chi connectivity index (χ1v) is 8.71. The molecule has 2 N–H and O–H groups in total. The second-order valence-electron chi connectivity index (χ2n) is 6.49. The monoisotopic (exact) mass is 329 g/mol. The van der Waals surface area contributed by atoms with Gasteiger partial charge in [-0.1, -0.05) is 54.1 Å². The molecule has 0 radical (unpaired) electrons. The molecule has 1 aliphatic carbocycles. The van der Waals surface area contributed by atoms with Crippen molar-refractivity contribution in [2.45, 2.75) is 43.8 Å². The lowest BCUT2D eigenvalue weighted by Gasteiger charge is -2.40. The van der Waals surface area contributed by atoms with Crippen LogP contribution in [0.4, 0.5) is 0 Å². The second kappa shape index (κ2) is 7.48. The summed E-state index contributed by atoms with van der Waals surface area (Å²) < 4.78 is 6.10. The highest BCUT2D eigenvalue weighted by atomic mass is 35.5. The highest BCUT2D eigenvalue weighted by molar-refractivity contribution is 6.30. The molecule has 3 heteroatoms. The standard InChI is InChI=1S/C20H24ClNO/c21-18-8-4-7-17(13-18)20(15-22)11-9-19(10-12-20)23-14-16-5-2-1-3-6-16/h1-8,13,19H,9-12,14-15,22H2. The molecule has 23 heavy (non-hydrogen) atoms. The molecule has 2 aromatic carbocycles. The molecule has 0 atom stereocenters. The van der Waals surface area contributed by atoms with Gasteiger partial charge in [0.25, 0.3) is 0 Å². The fourth-order valence-corrected chi connectivity index (χ4v) is 3.72. The Labute approximate surface area is 143 Å². The number of benzene rings is 2. The van der Waals surface area contributed by atoms with Crippen LogP contribution in [0.1, 0.15) is 36.8 Å². The number of halogens is 1. The van der Waals surface area contributed by atoms with Gasteiger partial charge in [0.05, 0.1) is 12.7 Å². The zero-order valence-electron chi connectivity index (χ0n) is 13.4. The van der Waals surface area contributed by atoms with Crippen molar-refractivity contribution in [3.05, 3.63) is 70.7 Å². The molecule has 1 aliphatic rings.